The van der Waals surface area contributed by atoms with Crippen LogP contribution in [0, 0.1) is 0 Å². The van der Waals surface area contributed by atoms with Crippen LogP contribution < -0.4 is 0 Å². The van der Waals surface area contributed by atoms with Crippen molar-refractivity contribution in [1.82, 2.24) is 0 Å². The quantitative estimate of drug-likeness (QED) is 0.741. The fraction of sp³-hybridized carbons (Fsp3) is 0.0909. The van der Waals surface area contributed by atoms with E-state index in [1.807, 2.05) is 0 Å². The van der Waals surface area contributed by atoms with Crippen LogP contribution in [-0.2, 0) is 4.79 Å². The monoisotopic (exact) mass is 190 g/mol. The molecule has 0 aromatic heterocycles. The van der Waals surface area contributed by atoms with Gasteiger partial charge in [0, 0.05) is 0 Å². The Hall–Kier alpha value is -1.90. The molecule has 1 rings (SSSR count). The van der Waals surface area contributed by atoms with E-state index in [1.165, 1.54) is 25.1 Å². The van der Waals surface area contributed by atoms with Crippen molar-refractivity contribution in [1.29, 1.82) is 0 Å². The molecule has 0 spiro atoms. The van der Waals surface area contributed by atoms with Crippen molar-refractivity contribution in [2.75, 3.05) is 0 Å². The van der Waals surface area contributed by atoms with Crippen molar-refractivity contribution in [3.63, 3.8) is 0 Å². The van der Waals surface area contributed by atoms with E-state index in [2.05, 4.69) is 0 Å². The van der Waals surface area contributed by atoms with Gasteiger partial charge in [-0.1, -0.05) is 24.3 Å². The van der Waals surface area contributed by atoms with Gasteiger partial charge in [0.05, 0.1) is 5.56 Å². The van der Waals surface area contributed by atoms with E-state index in [9.17, 15) is 9.59 Å². The summed E-state index contributed by atoms with van der Waals surface area (Å²) in [6.45, 7) is 1.42. The molecule has 0 radical (unpaired) electrons. The van der Waals surface area contributed by atoms with Crippen LogP contribution >= 0.6 is 0 Å². The zero-order chi connectivity index (χ0) is 10.6. The number of hydrogen-bond acceptors (Lipinski definition) is 2. The molecule has 0 saturated heterocycles. The fourth-order valence-corrected chi connectivity index (χ4v) is 1.04. The lowest BCUT2D eigenvalue weighted by Crippen LogP contribution is -1.98. The third kappa shape index (κ3) is 2.55. The number of hydrogen-bond donors (Lipinski definition) is 1. The van der Waals surface area contributed by atoms with Gasteiger partial charge < -0.3 is 5.11 Å². The first-order valence-electron chi connectivity index (χ1n) is 4.12. The Labute approximate surface area is 81.7 Å². The summed E-state index contributed by atoms with van der Waals surface area (Å²) in [4.78, 5) is 21.4. The van der Waals surface area contributed by atoms with E-state index in [4.69, 9.17) is 5.11 Å². The van der Waals surface area contributed by atoms with Gasteiger partial charge in [-0.3, -0.25) is 4.79 Å². The molecule has 1 N–H and O–H groups in total. The third-order valence-electron chi connectivity index (χ3n) is 1.69. The van der Waals surface area contributed by atoms with Gasteiger partial charge in [0.15, 0.2) is 5.78 Å². The lowest BCUT2D eigenvalue weighted by atomic mass is 10.1. The molecule has 0 saturated carbocycles. The molecule has 0 amide bonds. The van der Waals surface area contributed by atoms with Gasteiger partial charge in [0.25, 0.3) is 0 Å². The normalized spacial score (nSPS) is 10.4. The molecule has 0 heterocycles. The minimum atomic E-state index is -0.992. The van der Waals surface area contributed by atoms with Crippen LogP contribution in [0.5, 0.6) is 0 Å². The topological polar surface area (TPSA) is 54.4 Å². The molecule has 3 heteroatoms. The summed E-state index contributed by atoms with van der Waals surface area (Å²) in [5.74, 6) is -1.10. The van der Waals surface area contributed by atoms with Gasteiger partial charge in [-0.25, -0.2) is 4.79 Å². The zero-order valence-corrected chi connectivity index (χ0v) is 7.73. The zero-order valence-electron chi connectivity index (χ0n) is 7.73. The summed E-state index contributed by atoms with van der Waals surface area (Å²) in [5, 5.41) is 8.81. The first-order valence-corrected chi connectivity index (χ1v) is 4.12. The molecular formula is C11H10O3. The number of carbonyl (C=O) groups is 2. The van der Waals surface area contributed by atoms with E-state index >= 15 is 0 Å². The van der Waals surface area contributed by atoms with Gasteiger partial charge in [-0.2, -0.15) is 0 Å². The van der Waals surface area contributed by atoms with Gasteiger partial charge in [-0.15, -0.1) is 0 Å². The Kier molecular flexibility index (Phi) is 3.18. The molecule has 0 unspecified atom stereocenters. The number of ketones is 1. The van der Waals surface area contributed by atoms with E-state index in [-0.39, 0.29) is 11.3 Å². The molecule has 0 aliphatic heterocycles. The Morgan fingerprint density at radius 2 is 1.93 bits per heavy atom. The second-order valence-electron chi connectivity index (χ2n) is 2.84. The molecule has 3 nitrogen and oxygen atoms in total. The molecule has 72 valence electrons. The van der Waals surface area contributed by atoms with Crippen LogP contribution in [-0.4, -0.2) is 16.9 Å². The Bertz CT molecular complexity index is 391. The maximum atomic E-state index is 10.7. The summed E-state index contributed by atoms with van der Waals surface area (Å²) in [6.07, 6.45) is 2.85. The average molecular weight is 190 g/mol. The maximum absolute atomic E-state index is 10.7. The number of benzene rings is 1. The fourth-order valence-electron chi connectivity index (χ4n) is 1.04. The van der Waals surface area contributed by atoms with Crippen LogP contribution in [0.15, 0.2) is 30.3 Å². The molecule has 1 aromatic carbocycles. The number of aromatic carboxylic acids is 1. The van der Waals surface area contributed by atoms with Crippen LogP contribution in [0.2, 0.25) is 0 Å². The minimum Gasteiger partial charge on any atom is -0.478 e. The molecule has 0 aliphatic rings. The van der Waals surface area contributed by atoms with Crippen molar-refractivity contribution in [3.05, 3.63) is 41.5 Å². The lowest BCUT2D eigenvalue weighted by Gasteiger charge is -1.98. The van der Waals surface area contributed by atoms with Crippen LogP contribution in [0.3, 0.4) is 0 Å². The molecule has 0 atom stereocenters. The minimum absolute atomic E-state index is 0.106. The number of carboxylic acids is 1. The summed E-state index contributed by atoms with van der Waals surface area (Å²) < 4.78 is 0. The van der Waals surface area contributed by atoms with E-state index in [1.54, 1.807) is 18.2 Å². The highest BCUT2D eigenvalue weighted by Gasteiger charge is 2.05. The van der Waals surface area contributed by atoms with Crippen molar-refractivity contribution >= 4 is 17.8 Å². The average Bonchev–Trinajstić information content (AvgIpc) is 2.15. The summed E-state index contributed by atoms with van der Waals surface area (Å²) in [5.41, 5.74) is 0.736. The number of carbonyl (C=O) groups excluding carboxylic acids is 1. The van der Waals surface area contributed by atoms with Crippen molar-refractivity contribution < 1.29 is 14.7 Å². The van der Waals surface area contributed by atoms with Crippen LogP contribution in [0.25, 0.3) is 6.08 Å². The van der Waals surface area contributed by atoms with Gasteiger partial charge in [-0.05, 0) is 24.6 Å². The number of rotatable bonds is 3. The molecule has 14 heavy (non-hydrogen) atoms. The van der Waals surface area contributed by atoms with Crippen LogP contribution in [0.4, 0.5) is 0 Å². The first-order chi connectivity index (χ1) is 6.61. The van der Waals surface area contributed by atoms with Crippen LogP contribution in [0.1, 0.15) is 22.8 Å². The second kappa shape index (κ2) is 4.37. The molecule has 0 fully saturated rings. The predicted octanol–water partition coefficient (Wildman–Crippen LogP) is 1.99. The standard InChI is InChI=1S/C11H10O3/c1-8(12)6-7-9-4-2-3-5-10(9)11(13)14/h2-7H,1H3,(H,13,14)/b7-6+. The van der Waals surface area contributed by atoms with Crippen molar-refractivity contribution in [3.8, 4) is 0 Å². The maximum Gasteiger partial charge on any atom is 0.336 e. The predicted molar refractivity (Wildman–Crippen MR) is 53.1 cm³/mol. The summed E-state index contributed by atoms with van der Waals surface area (Å²) in [6, 6.07) is 6.53. The summed E-state index contributed by atoms with van der Waals surface area (Å²) >= 11 is 0. The molecule has 0 bridgehead atoms. The molecule has 1 aromatic rings. The smallest absolute Gasteiger partial charge is 0.336 e. The van der Waals surface area contributed by atoms with E-state index in [0.717, 1.165) is 0 Å². The summed E-state index contributed by atoms with van der Waals surface area (Å²) in [7, 11) is 0. The Morgan fingerprint density at radius 1 is 1.29 bits per heavy atom. The van der Waals surface area contributed by atoms with Crippen molar-refractivity contribution in [2.24, 2.45) is 0 Å². The first kappa shape index (κ1) is 10.2. The lowest BCUT2D eigenvalue weighted by molar-refractivity contribution is -0.112. The SMILES string of the molecule is CC(=O)/C=C/c1ccccc1C(=O)O. The largest absolute Gasteiger partial charge is 0.478 e. The number of carboxylic acid groups (broad SMARTS) is 1. The van der Waals surface area contributed by atoms with Gasteiger partial charge >= 0.3 is 5.97 Å². The van der Waals surface area contributed by atoms with E-state index < -0.39 is 5.97 Å². The van der Waals surface area contributed by atoms with Crippen molar-refractivity contribution in [2.45, 2.75) is 6.92 Å². The number of allylic oxidation sites excluding steroid dienone is 1. The highest BCUT2D eigenvalue weighted by Crippen LogP contribution is 2.10. The van der Waals surface area contributed by atoms with Gasteiger partial charge in [0.2, 0.25) is 0 Å². The third-order valence-corrected chi connectivity index (χ3v) is 1.69. The highest BCUT2D eigenvalue weighted by molar-refractivity contribution is 5.96. The Balaban J connectivity index is 3.07. The van der Waals surface area contributed by atoms with E-state index in [0.29, 0.717) is 5.56 Å². The highest BCUT2D eigenvalue weighted by atomic mass is 16.4. The van der Waals surface area contributed by atoms with Gasteiger partial charge in [0.1, 0.15) is 0 Å². The Morgan fingerprint density at radius 3 is 2.50 bits per heavy atom. The molecular weight excluding hydrogens is 180 g/mol. The second-order valence-corrected chi connectivity index (χ2v) is 2.84. The molecule has 0 aliphatic carbocycles.